The second-order valence-electron chi connectivity index (χ2n) is 2.30. The van der Waals surface area contributed by atoms with Crippen LogP contribution in [0.1, 0.15) is 10.4 Å². The van der Waals surface area contributed by atoms with E-state index in [-0.39, 0.29) is 5.91 Å². The Labute approximate surface area is 77.8 Å². The molecular formula is C7H6N4OS. The zero-order valence-electron chi connectivity index (χ0n) is 6.52. The molecule has 0 bridgehead atoms. The number of carbonyl (C=O) groups excluding carboxylic acids is 1. The molecule has 2 aromatic heterocycles. The molecule has 0 aliphatic heterocycles. The number of aromatic amines is 1. The van der Waals surface area contributed by atoms with E-state index in [1.54, 1.807) is 24.0 Å². The number of aromatic nitrogens is 3. The van der Waals surface area contributed by atoms with Gasteiger partial charge < -0.3 is 4.98 Å². The van der Waals surface area contributed by atoms with E-state index in [4.69, 9.17) is 0 Å². The van der Waals surface area contributed by atoms with Crippen LogP contribution in [-0.2, 0) is 0 Å². The number of amides is 1. The molecule has 2 heterocycles. The molecule has 13 heavy (non-hydrogen) atoms. The van der Waals surface area contributed by atoms with Crippen molar-refractivity contribution in [3.8, 4) is 0 Å². The minimum Gasteiger partial charge on any atom is -0.367 e. The van der Waals surface area contributed by atoms with Gasteiger partial charge in [-0.15, -0.1) is 10.2 Å². The number of nitrogens with zero attached hydrogens (tertiary/aromatic N) is 2. The summed E-state index contributed by atoms with van der Waals surface area (Å²) in [6, 6.07) is 1.69. The van der Waals surface area contributed by atoms with Crippen molar-refractivity contribution in [2.75, 3.05) is 5.32 Å². The van der Waals surface area contributed by atoms with E-state index in [1.807, 2.05) is 0 Å². The second kappa shape index (κ2) is 3.36. The SMILES string of the molecule is O=C(Nc1nncs1)c1cc[nH]c1. The van der Waals surface area contributed by atoms with Crippen LogP contribution in [0.2, 0.25) is 0 Å². The molecule has 0 atom stereocenters. The molecule has 5 nitrogen and oxygen atoms in total. The number of carbonyl (C=O) groups is 1. The van der Waals surface area contributed by atoms with Gasteiger partial charge in [-0.25, -0.2) is 0 Å². The Bertz CT molecular complexity index is 381. The molecule has 0 unspecified atom stereocenters. The van der Waals surface area contributed by atoms with Crippen LogP contribution in [-0.4, -0.2) is 21.1 Å². The summed E-state index contributed by atoms with van der Waals surface area (Å²) in [6.07, 6.45) is 3.31. The van der Waals surface area contributed by atoms with Crippen LogP contribution < -0.4 is 5.32 Å². The minimum atomic E-state index is -0.182. The predicted molar refractivity (Wildman–Crippen MR) is 48.7 cm³/mol. The molecule has 0 aliphatic carbocycles. The monoisotopic (exact) mass is 194 g/mol. The van der Waals surface area contributed by atoms with Crippen LogP contribution in [0.4, 0.5) is 5.13 Å². The predicted octanol–water partition coefficient (Wildman–Crippen LogP) is 1.12. The topological polar surface area (TPSA) is 70.7 Å². The van der Waals surface area contributed by atoms with Crippen molar-refractivity contribution in [3.63, 3.8) is 0 Å². The summed E-state index contributed by atoms with van der Waals surface area (Å²) in [7, 11) is 0. The fourth-order valence-corrected chi connectivity index (χ4v) is 1.30. The summed E-state index contributed by atoms with van der Waals surface area (Å²) in [5, 5.41) is 10.4. The molecule has 1 amide bonds. The van der Waals surface area contributed by atoms with Crippen molar-refractivity contribution < 1.29 is 4.79 Å². The lowest BCUT2D eigenvalue weighted by atomic mass is 10.3. The van der Waals surface area contributed by atoms with Crippen LogP contribution in [0, 0.1) is 0 Å². The van der Waals surface area contributed by atoms with Gasteiger partial charge in [-0.2, -0.15) is 0 Å². The molecule has 2 N–H and O–H groups in total. The standard InChI is InChI=1S/C7H6N4OS/c12-6(5-1-2-8-3-5)10-7-11-9-4-13-7/h1-4,8H,(H,10,11,12). The van der Waals surface area contributed by atoms with E-state index in [2.05, 4.69) is 20.5 Å². The first-order valence-electron chi connectivity index (χ1n) is 3.56. The van der Waals surface area contributed by atoms with E-state index < -0.39 is 0 Å². The molecule has 6 heteroatoms. The van der Waals surface area contributed by atoms with Crippen LogP contribution in [0.5, 0.6) is 0 Å². The van der Waals surface area contributed by atoms with Gasteiger partial charge in [0.1, 0.15) is 5.51 Å². The first kappa shape index (κ1) is 7.93. The van der Waals surface area contributed by atoms with Crippen molar-refractivity contribution >= 4 is 22.4 Å². The van der Waals surface area contributed by atoms with Gasteiger partial charge >= 0.3 is 0 Å². The third-order valence-electron chi connectivity index (χ3n) is 1.44. The van der Waals surface area contributed by atoms with Crippen molar-refractivity contribution in [1.82, 2.24) is 15.2 Å². The number of rotatable bonds is 2. The van der Waals surface area contributed by atoms with Crippen LogP contribution in [0.25, 0.3) is 0 Å². The minimum absolute atomic E-state index is 0.182. The van der Waals surface area contributed by atoms with Gasteiger partial charge in [0.2, 0.25) is 5.13 Å². The van der Waals surface area contributed by atoms with Gasteiger partial charge in [-0.3, -0.25) is 10.1 Å². The van der Waals surface area contributed by atoms with E-state index in [9.17, 15) is 4.79 Å². The largest absolute Gasteiger partial charge is 0.367 e. The third kappa shape index (κ3) is 1.73. The average molecular weight is 194 g/mol. The molecule has 0 aromatic carbocycles. The Morgan fingerprint density at radius 1 is 1.62 bits per heavy atom. The maximum Gasteiger partial charge on any atom is 0.259 e. The van der Waals surface area contributed by atoms with E-state index in [0.29, 0.717) is 10.7 Å². The van der Waals surface area contributed by atoms with Crippen molar-refractivity contribution in [2.45, 2.75) is 0 Å². The van der Waals surface area contributed by atoms with Crippen LogP contribution >= 0.6 is 11.3 Å². The van der Waals surface area contributed by atoms with E-state index >= 15 is 0 Å². The van der Waals surface area contributed by atoms with Crippen molar-refractivity contribution in [2.24, 2.45) is 0 Å². The molecule has 0 radical (unpaired) electrons. The summed E-state index contributed by atoms with van der Waals surface area (Å²) >= 11 is 1.28. The first-order valence-corrected chi connectivity index (χ1v) is 4.44. The van der Waals surface area contributed by atoms with Gasteiger partial charge in [0.05, 0.1) is 5.56 Å². The van der Waals surface area contributed by atoms with Gasteiger partial charge in [0.15, 0.2) is 0 Å². The Hall–Kier alpha value is -1.69. The molecule has 66 valence electrons. The smallest absolute Gasteiger partial charge is 0.259 e. The molecule has 0 fully saturated rings. The highest BCUT2D eigenvalue weighted by Crippen LogP contribution is 2.09. The highest BCUT2D eigenvalue weighted by atomic mass is 32.1. The maximum atomic E-state index is 11.4. The molecule has 2 rings (SSSR count). The fourth-order valence-electron chi connectivity index (χ4n) is 0.862. The Kier molecular flexibility index (Phi) is 2.05. The number of H-pyrrole nitrogens is 1. The molecule has 0 saturated heterocycles. The first-order chi connectivity index (χ1) is 6.36. The number of anilines is 1. The second-order valence-corrected chi connectivity index (χ2v) is 3.13. The highest BCUT2D eigenvalue weighted by Gasteiger charge is 2.06. The zero-order valence-corrected chi connectivity index (χ0v) is 7.34. The quantitative estimate of drug-likeness (QED) is 0.752. The van der Waals surface area contributed by atoms with Crippen molar-refractivity contribution in [1.29, 1.82) is 0 Å². The lowest BCUT2D eigenvalue weighted by Crippen LogP contribution is -2.10. The Morgan fingerprint density at radius 3 is 3.15 bits per heavy atom. The molecule has 0 aliphatic rings. The lowest BCUT2D eigenvalue weighted by Gasteiger charge is -1.95. The zero-order chi connectivity index (χ0) is 9.10. The molecule has 2 aromatic rings. The fraction of sp³-hybridized carbons (Fsp3) is 0. The van der Waals surface area contributed by atoms with E-state index in [1.165, 1.54) is 11.3 Å². The molecule has 0 saturated carbocycles. The summed E-state index contributed by atoms with van der Waals surface area (Å²) in [5.74, 6) is -0.182. The number of nitrogens with one attached hydrogen (secondary N) is 2. The van der Waals surface area contributed by atoms with E-state index in [0.717, 1.165) is 0 Å². The summed E-state index contributed by atoms with van der Waals surface area (Å²) in [5.41, 5.74) is 2.14. The molecular weight excluding hydrogens is 188 g/mol. The Morgan fingerprint density at radius 2 is 2.54 bits per heavy atom. The lowest BCUT2D eigenvalue weighted by molar-refractivity contribution is 0.102. The normalized spacial score (nSPS) is 9.85. The van der Waals surface area contributed by atoms with Gasteiger partial charge in [0.25, 0.3) is 5.91 Å². The highest BCUT2D eigenvalue weighted by molar-refractivity contribution is 7.13. The van der Waals surface area contributed by atoms with Gasteiger partial charge in [0, 0.05) is 12.4 Å². The number of hydrogen-bond acceptors (Lipinski definition) is 4. The maximum absolute atomic E-state index is 11.4. The third-order valence-corrected chi connectivity index (χ3v) is 2.05. The van der Waals surface area contributed by atoms with Crippen molar-refractivity contribution in [3.05, 3.63) is 29.5 Å². The summed E-state index contributed by atoms with van der Waals surface area (Å²) in [6.45, 7) is 0. The van der Waals surface area contributed by atoms with Crippen LogP contribution in [0.15, 0.2) is 24.0 Å². The average Bonchev–Trinajstić information content (AvgIpc) is 2.74. The van der Waals surface area contributed by atoms with Gasteiger partial charge in [-0.05, 0) is 6.07 Å². The summed E-state index contributed by atoms with van der Waals surface area (Å²) in [4.78, 5) is 14.2. The van der Waals surface area contributed by atoms with Crippen LogP contribution in [0.3, 0.4) is 0 Å². The summed E-state index contributed by atoms with van der Waals surface area (Å²) < 4.78 is 0. The molecule has 0 spiro atoms. The Balaban J connectivity index is 2.08. The number of hydrogen-bond donors (Lipinski definition) is 2. The van der Waals surface area contributed by atoms with Gasteiger partial charge in [-0.1, -0.05) is 11.3 Å².